The van der Waals surface area contributed by atoms with Crippen molar-refractivity contribution in [2.45, 2.75) is 192 Å². The van der Waals surface area contributed by atoms with E-state index in [1.165, 1.54) is 26.4 Å². The predicted octanol–water partition coefficient (Wildman–Crippen LogP) is 11.0. The third kappa shape index (κ3) is 15.4. The first kappa shape index (κ1) is 63.2. The number of nitrogens with zero attached hydrogens (tertiary/aromatic N) is 1. The Morgan fingerprint density at radius 2 is 1.40 bits per heavy atom. The predicted molar refractivity (Wildman–Crippen MR) is 296 cm³/mol. The maximum Gasteiger partial charge on any atom is 0.420 e. The molecule has 17 nitrogen and oxygen atoms in total. The second kappa shape index (κ2) is 27.0. The minimum Gasteiger partial charge on any atom is -0.497 e. The summed E-state index contributed by atoms with van der Waals surface area (Å²) in [5.41, 5.74) is -4.46. The number of hydrogen-bond acceptors (Lipinski definition) is 16. The van der Waals surface area contributed by atoms with Gasteiger partial charge in [-0.1, -0.05) is 89.0 Å². The highest BCUT2D eigenvalue weighted by molar-refractivity contribution is 6.74. The summed E-state index contributed by atoms with van der Waals surface area (Å²) >= 11 is 7.39. The molecule has 0 aromatic heterocycles. The summed E-state index contributed by atoms with van der Waals surface area (Å²) in [6.07, 6.45) is -5.94. The Labute approximate surface area is 463 Å². The molecule has 426 valence electrons. The molecule has 2 amide bonds. The number of rotatable bonds is 21. The Balaban J connectivity index is 1.97. The van der Waals surface area contributed by atoms with Crippen molar-refractivity contribution in [3.8, 4) is 40.9 Å². The monoisotopic (exact) mass is 1130 g/mol. The zero-order valence-electron chi connectivity index (χ0n) is 47.8. The van der Waals surface area contributed by atoms with Gasteiger partial charge in [-0.15, -0.1) is 0 Å². The van der Waals surface area contributed by atoms with Gasteiger partial charge < -0.3 is 61.3 Å². The lowest BCUT2D eigenvalue weighted by molar-refractivity contribution is -0.163. The molecule has 77 heavy (non-hydrogen) atoms. The van der Waals surface area contributed by atoms with Gasteiger partial charge in [0.25, 0.3) is 0 Å². The third-order valence-corrected chi connectivity index (χ3v) is 23.8. The van der Waals surface area contributed by atoms with E-state index in [0.29, 0.717) is 29.5 Å². The highest BCUT2D eigenvalue weighted by Gasteiger charge is 2.57. The lowest BCUT2D eigenvalue weighted by atomic mass is 9.88. The van der Waals surface area contributed by atoms with Crippen LogP contribution in [-0.4, -0.2) is 133 Å². The van der Waals surface area contributed by atoms with Crippen molar-refractivity contribution >= 4 is 46.4 Å². The number of aliphatic hydroxyl groups is 1. The molecule has 0 radical (unpaired) electrons. The molecule has 7 atom stereocenters. The molecule has 20 heteroatoms. The van der Waals surface area contributed by atoms with Crippen molar-refractivity contribution in [2.75, 3.05) is 41.5 Å². The quantitative estimate of drug-likeness (QED) is 0.0409. The SMILES string of the molecule is CC[Si](CC)(CC)O[C@]12C[C@H](OCOC)C=C1C#C[C@@]1(O[Si](CC)(CC)CC)C(O)C#C[C@H]2Oc2c(Cl)cc(cc2OCOC)[C@@H](N(C(=O)OC(C)(C)C)C(=O)OC(C)(C)C)CC(=O)OC[C@@H]1OCc1ccc(OC)cc1. The van der Waals surface area contributed by atoms with Gasteiger partial charge in [-0.3, -0.25) is 4.79 Å². The van der Waals surface area contributed by atoms with Gasteiger partial charge in [-0.05, 0) is 119 Å². The highest BCUT2D eigenvalue weighted by atomic mass is 35.5. The summed E-state index contributed by atoms with van der Waals surface area (Å²) in [6.45, 7) is 21.3. The van der Waals surface area contributed by atoms with Gasteiger partial charge in [0, 0.05) is 26.2 Å². The Bertz CT molecular complexity index is 2450. The van der Waals surface area contributed by atoms with E-state index in [4.69, 9.17) is 67.8 Å². The molecule has 0 saturated heterocycles. The molecule has 2 heterocycles. The van der Waals surface area contributed by atoms with E-state index < -0.39 is 101 Å². The van der Waals surface area contributed by atoms with Gasteiger partial charge in [0.15, 0.2) is 52.7 Å². The highest BCUT2D eigenvalue weighted by Crippen LogP contribution is 2.48. The van der Waals surface area contributed by atoms with Crippen LogP contribution in [0.4, 0.5) is 9.59 Å². The van der Waals surface area contributed by atoms with Crippen molar-refractivity contribution in [1.82, 2.24) is 4.90 Å². The van der Waals surface area contributed by atoms with Crippen molar-refractivity contribution in [3.05, 3.63) is 64.2 Å². The van der Waals surface area contributed by atoms with Gasteiger partial charge in [-0.25, -0.2) is 14.5 Å². The van der Waals surface area contributed by atoms with E-state index in [2.05, 4.69) is 44.5 Å². The second-order valence-electron chi connectivity index (χ2n) is 21.5. The maximum atomic E-state index is 14.9. The van der Waals surface area contributed by atoms with Crippen molar-refractivity contribution in [2.24, 2.45) is 0 Å². The topological polar surface area (TPSA) is 185 Å². The standard InChI is InChI=1S/C57H82ClNO16Si2/c1-16-76(17-2,18-3)74-56-29-28-41-32-43(69-37-64-13)34-57(41,75-77(19-4,20-5)21-6)48(27-26-47(56)60)71-51-44(58)30-40(31-46(51)70-38-65-14)45(59(52(62)72-54(7,8)9)53(63)73-55(10,11)12)33-50(61)68-36-49(56)67-35-39-22-24-42(66-15)25-23-39/h22-25,30-32,43,45,47-49,60H,16-21,33-38H2,1-15H3/t43-,45+,47?,48-,49+,56-,57-/m1/s1. The molecule has 2 aromatic carbocycles. The molecule has 4 aliphatic rings. The number of esters is 1. The number of fused-ring (bicyclic) bond motifs is 8. The summed E-state index contributed by atoms with van der Waals surface area (Å²) in [4.78, 5) is 44.7. The minimum absolute atomic E-state index is 0.0217. The molecule has 0 spiro atoms. The van der Waals surface area contributed by atoms with Crippen LogP contribution in [0.15, 0.2) is 48.0 Å². The number of aliphatic hydroxyl groups excluding tert-OH is 1. The van der Waals surface area contributed by atoms with Crippen LogP contribution in [0, 0.1) is 23.7 Å². The van der Waals surface area contributed by atoms with Crippen molar-refractivity contribution in [1.29, 1.82) is 0 Å². The number of hydrogen-bond donors (Lipinski definition) is 1. The molecule has 1 unspecified atom stereocenters. The normalized spacial score (nSPS) is 23.6. The van der Waals surface area contributed by atoms with E-state index >= 15 is 0 Å². The van der Waals surface area contributed by atoms with Gasteiger partial charge in [0.05, 0.1) is 37.3 Å². The Morgan fingerprint density at radius 1 is 0.818 bits per heavy atom. The van der Waals surface area contributed by atoms with Crippen LogP contribution in [0.2, 0.25) is 41.3 Å². The smallest absolute Gasteiger partial charge is 0.420 e. The Morgan fingerprint density at radius 3 is 1.95 bits per heavy atom. The van der Waals surface area contributed by atoms with Gasteiger partial charge >= 0.3 is 18.2 Å². The fourth-order valence-electron chi connectivity index (χ4n) is 9.57. The number of imide groups is 1. The number of halogens is 1. The molecule has 4 bridgehead atoms. The molecule has 6 rings (SSSR count). The summed E-state index contributed by atoms with van der Waals surface area (Å²) in [5.74, 6) is 13.1. The lowest BCUT2D eigenvalue weighted by Gasteiger charge is -2.44. The summed E-state index contributed by atoms with van der Waals surface area (Å²) in [6, 6.07) is 12.7. The lowest BCUT2D eigenvalue weighted by Crippen LogP contribution is -2.61. The van der Waals surface area contributed by atoms with Crippen LogP contribution < -0.4 is 14.2 Å². The molecular weight excluding hydrogens is 1050 g/mol. The maximum absolute atomic E-state index is 14.9. The van der Waals surface area contributed by atoms with E-state index in [9.17, 15) is 19.5 Å². The number of amides is 2. The molecular formula is C57H82ClNO16Si2. The van der Waals surface area contributed by atoms with Crippen molar-refractivity contribution < 1.29 is 75.7 Å². The molecule has 2 aliphatic carbocycles. The molecule has 0 saturated carbocycles. The number of methoxy groups -OCH3 is 3. The summed E-state index contributed by atoms with van der Waals surface area (Å²) < 4.78 is 76.1. The largest absolute Gasteiger partial charge is 0.497 e. The molecule has 0 fully saturated rings. The molecule has 2 aromatic rings. The van der Waals surface area contributed by atoms with Crippen LogP contribution in [0.25, 0.3) is 0 Å². The van der Waals surface area contributed by atoms with Gasteiger partial charge in [0.1, 0.15) is 42.1 Å². The first-order valence-electron chi connectivity index (χ1n) is 26.6. The second-order valence-corrected chi connectivity index (χ2v) is 31.3. The molecule has 2 aliphatic heterocycles. The first-order chi connectivity index (χ1) is 36.4. The number of benzene rings is 2. The zero-order valence-corrected chi connectivity index (χ0v) is 50.6. The zero-order chi connectivity index (χ0) is 57.0. The average Bonchev–Trinajstić information content (AvgIpc) is 3.77. The number of carbonyl (C=O) groups excluding carboxylic acids is 3. The van der Waals surface area contributed by atoms with Crippen LogP contribution >= 0.6 is 11.6 Å². The van der Waals surface area contributed by atoms with Gasteiger partial charge in [-0.2, -0.15) is 0 Å². The third-order valence-electron chi connectivity index (χ3n) is 14.3. The van der Waals surface area contributed by atoms with E-state index in [1.807, 2.05) is 39.0 Å². The molecule has 1 N–H and O–H groups in total. The number of ether oxygens (including phenoxy) is 10. The summed E-state index contributed by atoms with van der Waals surface area (Å²) in [7, 11) is -1.07. The minimum atomic E-state index is -2.89. The average molecular weight is 1130 g/mol. The van der Waals surface area contributed by atoms with E-state index in [-0.39, 0.29) is 48.7 Å². The Kier molecular flexibility index (Phi) is 22.2. The van der Waals surface area contributed by atoms with Crippen molar-refractivity contribution in [3.63, 3.8) is 0 Å². The first-order valence-corrected chi connectivity index (χ1v) is 32.0. The fraction of sp³-hybridized carbons (Fsp3) is 0.632. The van der Waals surface area contributed by atoms with Crippen LogP contribution in [0.3, 0.4) is 0 Å². The van der Waals surface area contributed by atoms with E-state index in [1.54, 1.807) is 60.8 Å². The van der Waals surface area contributed by atoms with Crippen LogP contribution in [-0.2, 0) is 53.4 Å². The number of carbonyl (C=O) groups is 3. The van der Waals surface area contributed by atoms with Crippen LogP contribution in [0.1, 0.15) is 113 Å². The van der Waals surface area contributed by atoms with E-state index in [0.717, 1.165) is 28.6 Å². The summed E-state index contributed by atoms with van der Waals surface area (Å²) in [5, 5.41) is 13.1. The van der Waals surface area contributed by atoms with Gasteiger partial charge in [0.2, 0.25) is 0 Å². The fourth-order valence-corrected chi connectivity index (χ4v) is 15.8. The van der Waals surface area contributed by atoms with Crippen LogP contribution in [0.5, 0.6) is 17.2 Å². The Hall–Kier alpha value is -4.65.